The molecule has 3 N–H and O–H groups in total. The Labute approximate surface area is 216 Å². The van der Waals surface area contributed by atoms with E-state index in [1.54, 1.807) is 12.4 Å². The van der Waals surface area contributed by atoms with Gasteiger partial charge in [-0.1, -0.05) is 31.4 Å². The Morgan fingerprint density at radius 3 is 2.68 bits per heavy atom. The first kappa shape index (κ1) is 23.5. The number of benzene rings is 1. The van der Waals surface area contributed by atoms with Gasteiger partial charge >= 0.3 is 0 Å². The summed E-state index contributed by atoms with van der Waals surface area (Å²) < 4.78 is 1.88. The van der Waals surface area contributed by atoms with Crippen LogP contribution in [0.4, 0.5) is 17.3 Å². The molecule has 2 aliphatic rings. The molecular formula is C29H33N7O. The van der Waals surface area contributed by atoms with E-state index < -0.39 is 0 Å². The molecule has 8 heteroatoms. The number of pyridine rings is 1. The van der Waals surface area contributed by atoms with Crippen molar-refractivity contribution in [2.75, 3.05) is 17.2 Å². The van der Waals surface area contributed by atoms with Gasteiger partial charge in [0.25, 0.3) is 5.91 Å². The van der Waals surface area contributed by atoms with Crippen molar-refractivity contribution < 1.29 is 4.79 Å². The van der Waals surface area contributed by atoms with Crippen molar-refractivity contribution in [3.63, 3.8) is 0 Å². The third-order valence-electron chi connectivity index (χ3n) is 7.40. The Hall–Kier alpha value is -3.94. The van der Waals surface area contributed by atoms with Crippen LogP contribution in [0.2, 0.25) is 0 Å². The van der Waals surface area contributed by atoms with Gasteiger partial charge < -0.3 is 16.0 Å². The number of rotatable bonds is 8. The molecule has 0 atom stereocenters. The lowest BCUT2D eigenvalue weighted by Gasteiger charge is -2.22. The Morgan fingerprint density at radius 2 is 1.92 bits per heavy atom. The number of fused-ring (bicyclic) bond motifs is 1. The standard InChI is InChI=1S/C29H33N7O/c1-19-14-21(9-12-24(19)29(37)34-22-10-11-22)25-18-32-36-27(31-16-20-6-3-2-4-7-20)15-26(35-28(25)36)33-23-8-5-13-30-17-23/h5,8-9,12-15,17-18,20,22,31H,2-4,6-7,10-11,16H2,1H3,(H,33,35)(H,34,37). The first-order valence-electron chi connectivity index (χ1n) is 13.4. The average Bonchev–Trinajstić information content (AvgIpc) is 3.63. The third kappa shape index (κ3) is 5.28. The predicted octanol–water partition coefficient (Wildman–Crippen LogP) is 5.73. The van der Waals surface area contributed by atoms with Crippen LogP contribution in [0.1, 0.15) is 60.9 Å². The molecule has 2 saturated carbocycles. The van der Waals surface area contributed by atoms with Gasteiger partial charge in [0.1, 0.15) is 11.6 Å². The number of aryl methyl sites for hydroxylation is 1. The Bertz CT molecular complexity index is 1400. The van der Waals surface area contributed by atoms with Crippen LogP contribution in [0.5, 0.6) is 0 Å². The van der Waals surface area contributed by atoms with Crippen LogP contribution in [0.15, 0.2) is 55.0 Å². The minimum absolute atomic E-state index is 0.00157. The molecule has 1 aromatic carbocycles. The van der Waals surface area contributed by atoms with Crippen LogP contribution in [0, 0.1) is 12.8 Å². The van der Waals surface area contributed by atoms with Gasteiger partial charge in [-0.05, 0) is 67.9 Å². The summed E-state index contributed by atoms with van der Waals surface area (Å²) in [6, 6.07) is 12.2. The van der Waals surface area contributed by atoms with Crippen LogP contribution in [0.3, 0.4) is 0 Å². The van der Waals surface area contributed by atoms with Gasteiger partial charge in [0.15, 0.2) is 5.65 Å². The zero-order valence-corrected chi connectivity index (χ0v) is 21.2. The molecule has 190 valence electrons. The summed E-state index contributed by atoms with van der Waals surface area (Å²) >= 11 is 0. The molecule has 0 aliphatic heterocycles. The highest BCUT2D eigenvalue weighted by Gasteiger charge is 2.24. The van der Waals surface area contributed by atoms with Gasteiger partial charge in [0, 0.05) is 36.0 Å². The van der Waals surface area contributed by atoms with Gasteiger partial charge in [-0.15, -0.1) is 0 Å². The molecule has 2 fully saturated rings. The van der Waals surface area contributed by atoms with E-state index in [1.807, 2.05) is 48.0 Å². The van der Waals surface area contributed by atoms with Crippen molar-refractivity contribution in [3.05, 3.63) is 66.1 Å². The fraction of sp³-hybridized carbons (Fsp3) is 0.379. The minimum Gasteiger partial charge on any atom is -0.370 e. The zero-order valence-electron chi connectivity index (χ0n) is 21.2. The lowest BCUT2D eigenvalue weighted by atomic mass is 9.89. The number of carbonyl (C=O) groups excluding carboxylic acids is 1. The molecule has 1 amide bonds. The second-order valence-electron chi connectivity index (χ2n) is 10.3. The van der Waals surface area contributed by atoms with Crippen molar-refractivity contribution in [2.45, 2.75) is 57.9 Å². The summed E-state index contributed by atoms with van der Waals surface area (Å²) in [4.78, 5) is 21.8. The Morgan fingerprint density at radius 1 is 1.05 bits per heavy atom. The molecule has 2 aliphatic carbocycles. The molecule has 0 unspecified atom stereocenters. The highest BCUT2D eigenvalue weighted by Crippen LogP contribution is 2.31. The molecule has 3 aromatic heterocycles. The van der Waals surface area contributed by atoms with E-state index in [4.69, 9.17) is 10.1 Å². The maximum Gasteiger partial charge on any atom is 0.251 e. The number of amides is 1. The summed E-state index contributed by atoms with van der Waals surface area (Å²) in [5.74, 6) is 2.32. The fourth-order valence-corrected chi connectivity index (χ4v) is 5.16. The maximum atomic E-state index is 12.6. The number of hydrogen-bond donors (Lipinski definition) is 3. The second kappa shape index (κ2) is 10.2. The summed E-state index contributed by atoms with van der Waals surface area (Å²) in [5, 5.41) is 14.9. The van der Waals surface area contributed by atoms with Crippen LogP contribution in [-0.4, -0.2) is 38.1 Å². The molecule has 37 heavy (non-hydrogen) atoms. The smallest absolute Gasteiger partial charge is 0.251 e. The van der Waals surface area contributed by atoms with E-state index in [0.717, 1.165) is 59.0 Å². The molecule has 3 heterocycles. The largest absolute Gasteiger partial charge is 0.370 e. The number of hydrogen-bond acceptors (Lipinski definition) is 6. The lowest BCUT2D eigenvalue weighted by Crippen LogP contribution is -2.26. The number of aromatic nitrogens is 4. The molecule has 0 bridgehead atoms. The topological polar surface area (TPSA) is 96.2 Å². The number of nitrogens with one attached hydrogen (secondary N) is 3. The summed E-state index contributed by atoms with van der Waals surface area (Å²) in [5.41, 5.74) is 5.20. The molecule has 4 aromatic rings. The summed E-state index contributed by atoms with van der Waals surface area (Å²) in [7, 11) is 0. The number of carbonyl (C=O) groups is 1. The summed E-state index contributed by atoms with van der Waals surface area (Å²) in [6.07, 6.45) is 14.1. The van der Waals surface area contributed by atoms with Crippen LogP contribution < -0.4 is 16.0 Å². The van der Waals surface area contributed by atoms with E-state index >= 15 is 0 Å². The third-order valence-corrected chi connectivity index (χ3v) is 7.40. The first-order valence-corrected chi connectivity index (χ1v) is 13.4. The summed E-state index contributed by atoms with van der Waals surface area (Å²) in [6.45, 7) is 2.90. The lowest BCUT2D eigenvalue weighted by molar-refractivity contribution is 0.0950. The SMILES string of the molecule is Cc1cc(-c2cnn3c(NCC4CCCCC4)cc(Nc4cccnc4)nc23)ccc1C(=O)NC1CC1. The number of nitrogens with zero attached hydrogens (tertiary/aromatic N) is 4. The molecule has 0 radical (unpaired) electrons. The average molecular weight is 496 g/mol. The molecular weight excluding hydrogens is 462 g/mol. The van der Waals surface area contributed by atoms with E-state index in [-0.39, 0.29) is 5.91 Å². The van der Waals surface area contributed by atoms with Crippen molar-refractivity contribution in [3.8, 4) is 11.1 Å². The fourth-order valence-electron chi connectivity index (χ4n) is 5.16. The Kier molecular flexibility index (Phi) is 6.47. The zero-order chi connectivity index (χ0) is 25.2. The molecule has 0 spiro atoms. The van der Waals surface area contributed by atoms with E-state index in [1.165, 1.54) is 32.1 Å². The van der Waals surface area contributed by atoms with Crippen LogP contribution >= 0.6 is 0 Å². The molecule has 6 rings (SSSR count). The molecule has 8 nitrogen and oxygen atoms in total. The van der Waals surface area contributed by atoms with Gasteiger partial charge in [0.05, 0.1) is 18.1 Å². The maximum absolute atomic E-state index is 12.6. The van der Waals surface area contributed by atoms with Gasteiger partial charge in [0.2, 0.25) is 0 Å². The molecule has 0 saturated heterocycles. The van der Waals surface area contributed by atoms with Crippen LogP contribution in [0.25, 0.3) is 16.8 Å². The Balaban J connectivity index is 1.34. The van der Waals surface area contributed by atoms with Crippen molar-refractivity contribution in [1.29, 1.82) is 0 Å². The minimum atomic E-state index is 0.00157. The van der Waals surface area contributed by atoms with Crippen molar-refractivity contribution in [2.24, 2.45) is 5.92 Å². The van der Waals surface area contributed by atoms with Gasteiger partial charge in [-0.25, -0.2) is 4.98 Å². The van der Waals surface area contributed by atoms with Crippen LogP contribution in [-0.2, 0) is 0 Å². The second-order valence-corrected chi connectivity index (χ2v) is 10.3. The first-order chi connectivity index (χ1) is 18.1. The van der Waals surface area contributed by atoms with Crippen molar-refractivity contribution in [1.82, 2.24) is 24.9 Å². The quantitative estimate of drug-likeness (QED) is 0.289. The van der Waals surface area contributed by atoms with Gasteiger partial charge in [-0.3, -0.25) is 9.78 Å². The van der Waals surface area contributed by atoms with E-state index in [9.17, 15) is 4.79 Å². The van der Waals surface area contributed by atoms with Crippen molar-refractivity contribution >= 4 is 28.9 Å². The number of anilines is 3. The van der Waals surface area contributed by atoms with Gasteiger partial charge in [-0.2, -0.15) is 9.61 Å². The van der Waals surface area contributed by atoms with E-state index in [2.05, 4.69) is 27.0 Å². The predicted molar refractivity (Wildman–Crippen MR) is 146 cm³/mol. The highest BCUT2D eigenvalue weighted by atomic mass is 16.1. The van der Waals surface area contributed by atoms with E-state index in [0.29, 0.717) is 17.5 Å². The monoisotopic (exact) mass is 495 g/mol. The normalized spacial score (nSPS) is 16.0. The highest BCUT2D eigenvalue weighted by molar-refractivity contribution is 5.97.